The Hall–Kier alpha value is -1.64. The zero-order chi connectivity index (χ0) is 13.9. The molecule has 0 saturated carbocycles. The van der Waals surface area contributed by atoms with Gasteiger partial charge in [0.1, 0.15) is 0 Å². The van der Waals surface area contributed by atoms with Gasteiger partial charge in [0.25, 0.3) is 0 Å². The number of benzene rings is 2. The van der Waals surface area contributed by atoms with Crippen molar-refractivity contribution >= 4 is 0 Å². The van der Waals surface area contributed by atoms with Crippen LogP contribution in [0.5, 0.6) is 0 Å². The van der Waals surface area contributed by atoms with Crippen LogP contribution in [-0.2, 0) is 13.0 Å². The summed E-state index contributed by atoms with van der Waals surface area (Å²) in [4.78, 5) is 2.16. The van der Waals surface area contributed by atoms with Gasteiger partial charge in [-0.15, -0.1) is 0 Å². The maximum Gasteiger partial charge on any atom is 0.0227 e. The van der Waals surface area contributed by atoms with Crippen molar-refractivity contribution in [2.75, 3.05) is 20.6 Å². The van der Waals surface area contributed by atoms with Crippen LogP contribution in [0.25, 0.3) is 0 Å². The van der Waals surface area contributed by atoms with Gasteiger partial charge >= 0.3 is 0 Å². The van der Waals surface area contributed by atoms with Gasteiger partial charge in [-0.05, 0) is 38.2 Å². The molecule has 2 aromatic carbocycles. The van der Waals surface area contributed by atoms with Crippen LogP contribution in [-0.4, -0.2) is 25.5 Å². The molecule has 19 heavy (non-hydrogen) atoms. The molecule has 2 N–H and O–H groups in total. The summed E-state index contributed by atoms with van der Waals surface area (Å²) in [7, 11) is 4.15. The van der Waals surface area contributed by atoms with Crippen molar-refractivity contribution in [2.45, 2.75) is 13.0 Å². The van der Waals surface area contributed by atoms with Gasteiger partial charge in [-0.3, -0.25) is 0 Å². The molecule has 0 radical (unpaired) electrons. The highest BCUT2D eigenvalue weighted by Crippen LogP contribution is 1.99. The van der Waals surface area contributed by atoms with Gasteiger partial charge < -0.3 is 10.6 Å². The third-order valence-corrected chi connectivity index (χ3v) is 2.62. The molecule has 0 unspecified atom stereocenters. The van der Waals surface area contributed by atoms with Crippen LogP contribution in [0.4, 0.5) is 0 Å². The molecule has 0 spiro atoms. The highest BCUT2D eigenvalue weighted by molar-refractivity contribution is 5.15. The van der Waals surface area contributed by atoms with Gasteiger partial charge in [0.15, 0.2) is 0 Å². The number of hydrogen-bond donors (Lipinski definition) is 1. The molecule has 0 fully saturated rings. The maximum absolute atomic E-state index is 5.36. The molecule has 0 heterocycles. The molecule has 2 nitrogen and oxygen atoms in total. The summed E-state index contributed by atoms with van der Waals surface area (Å²) in [5.41, 5.74) is 8.05. The summed E-state index contributed by atoms with van der Waals surface area (Å²) >= 11 is 0. The Kier molecular flexibility index (Phi) is 7.56. The lowest BCUT2D eigenvalue weighted by atomic mass is 10.2. The van der Waals surface area contributed by atoms with E-state index in [9.17, 15) is 0 Å². The van der Waals surface area contributed by atoms with Crippen LogP contribution in [0, 0.1) is 0 Å². The molecule has 2 rings (SSSR count). The van der Waals surface area contributed by atoms with E-state index >= 15 is 0 Å². The molecule has 0 saturated heterocycles. The summed E-state index contributed by atoms with van der Waals surface area (Å²) in [5.74, 6) is 0. The van der Waals surface area contributed by atoms with E-state index in [1.54, 1.807) is 0 Å². The molecule has 102 valence electrons. The Morgan fingerprint density at radius 2 is 1.26 bits per heavy atom. The lowest BCUT2D eigenvalue weighted by Crippen LogP contribution is -2.10. The zero-order valence-electron chi connectivity index (χ0n) is 11.9. The van der Waals surface area contributed by atoms with Crippen molar-refractivity contribution in [3.05, 3.63) is 71.8 Å². The largest absolute Gasteiger partial charge is 0.330 e. The molecule has 0 atom stereocenters. The molecule has 0 aromatic heterocycles. The third-order valence-electron chi connectivity index (χ3n) is 2.62. The molecular formula is C17H24N2. The predicted molar refractivity (Wildman–Crippen MR) is 83.0 cm³/mol. The van der Waals surface area contributed by atoms with Gasteiger partial charge in [-0.25, -0.2) is 0 Å². The molecule has 0 amide bonds. The molecule has 0 aliphatic carbocycles. The quantitative estimate of drug-likeness (QED) is 0.911. The Balaban J connectivity index is 0.000000191. The number of nitrogens with zero attached hydrogens (tertiary/aromatic N) is 1. The van der Waals surface area contributed by atoms with Crippen molar-refractivity contribution in [1.82, 2.24) is 4.90 Å². The first-order valence-corrected chi connectivity index (χ1v) is 6.65. The highest BCUT2D eigenvalue weighted by atomic mass is 15.0. The average molecular weight is 256 g/mol. The van der Waals surface area contributed by atoms with Gasteiger partial charge in [0.2, 0.25) is 0 Å². The van der Waals surface area contributed by atoms with Gasteiger partial charge in [0, 0.05) is 6.54 Å². The van der Waals surface area contributed by atoms with E-state index in [2.05, 4.69) is 55.4 Å². The second kappa shape index (κ2) is 9.31. The fourth-order valence-electron chi connectivity index (χ4n) is 1.76. The Labute approximate surface area is 116 Å². The van der Waals surface area contributed by atoms with Crippen LogP contribution >= 0.6 is 0 Å². The zero-order valence-corrected chi connectivity index (χ0v) is 11.9. The number of nitrogens with two attached hydrogens (primary N) is 1. The van der Waals surface area contributed by atoms with Crippen LogP contribution in [0.3, 0.4) is 0 Å². The van der Waals surface area contributed by atoms with Crippen LogP contribution in [0.1, 0.15) is 11.1 Å². The number of rotatable bonds is 4. The van der Waals surface area contributed by atoms with Crippen LogP contribution < -0.4 is 5.73 Å². The summed E-state index contributed by atoms with van der Waals surface area (Å²) in [6.45, 7) is 1.77. The molecule has 2 heteroatoms. The highest BCUT2D eigenvalue weighted by Gasteiger charge is 1.90. The normalized spacial score (nSPS) is 9.89. The van der Waals surface area contributed by atoms with Crippen molar-refractivity contribution in [1.29, 1.82) is 0 Å². The summed E-state index contributed by atoms with van der Waals surface area (Å²) in [6, 6.07) is 20.7. The number of hydrogen-bond acceptors (Lipinski definition) is 2. The Morgan fingerprint density at radius 1 is 0.789 bits per heavy atom. The van der Waals surface area contributed by atoms with E-state index in [4.69, 9.17) is 5.73 Å². The Bertz CT molecular complexity index is 424. The first-order chi connectivity index (χ1) is 9.22. The minimum absolute atomic E-state index is 0.740. The third kappa shape index (κ3) is 7.39. The molecule has 2 aromatic rings. The van der Waals surface area contributed by atoms with E-state index in [0.29, 0.717) is 0 Å². The summed E-state index contributed by atoms with van der Waals surface area (Å²) < 4.78 is 0. The van der Waals surface area contributed by atoms with Gasteiger partial charge in [-0.1, -0.05) is 60.7 Å². The van der Waals surface area contributed by atoms with Crippen LogP contribution in [0.15, 0.2) is 60.7 Å². The van der Waals surface area contributed by atoms with E-state index in [-0.39, 0.29) is 0 Å². The minimum Gasteiger partial charge on any atom is -0.330 e. The molecule has 0 bridgehead atoms. The smallest absolute Gasteiger partial charge is 0.0227 e. The predicted octanol–water partition coefficient (Wildman–Crippen LogP) is 2.94. The summed E-state index contributed by atoms with van der Waals surface area (Å²) in [6.07, 6.45) is 0.987. The van der Waals surface area contributed by atoms with Crippen molar-refractivity contribution in [3.63, 3.8) is 0 Å². The molecule has 0 aliphatic heterocycles. The molecular weight excluding hydrogens is 232 g/mol. The lowest BCUT2D eigenvalue weighted by Gasteiger charge is -2.08. The van der Waals surface area contributed by atoms with Gasteiger partial charge in [-0.2, -0.15) is 0 Å². The van der Waals surface area contributed by atoms with E-state index in [1.807, 2.05) is 24.3 Å². The van der Waals surface area contributed by atoms with Gasteiger partial charge in [0.05, 0.1) is 0 Å². The van der Waals surface area contributed by atoms with Crippen LogP contribution in [0.2, 0.25) is 0 Å². The van der Waals surface area contributed by atoms with Crippen molar-refractivity contribution in [3.8, 4) is 0 Å². The van der Waals surface area contributed by atoms with E-state index in [1.165, 1.54) is 11.1 Å². The Morgan fingerprint density at radius 3 is 1.68 bits per heavy atom. The van der Waals surface area contributed by atoms with E-state index in [0.717, 1.165) is 19.5 Å². The SMILES string of the molecule is CN(C)Cc1ccccc1.NCCc1ccccc1. The minimum atomic E-state index is 0.740. The fourth-order valence-corrected chi connectivity index (χ4v) is 1.76. The first-order valence-electron chi connectivity index (χ1n) is 6.65. The first kappa shape index (κ1) is 15.4. The summed E-state index contributed by atoms with van der Waals surface area (Å²) in [5, 5.41) is 0. The van der Waals surface area contributed by atoms with Crippen molar-refractivity contribution < 1.29 is 0 Å². The van der Waals surface area contributed by atoms with Crippen molar-refractivity contribution in [2.24, 2.45) is 5.73 Å². The second-order valence-corrected chi connectivity index (χ2v) is 4.75. The van der Waals surface area contributed by atoms with E-state index < -0.39 is 0 Å². The second-order valence-electron chi connectivity index (χ2n) is 4.75. The molecule has 0 aliphatic rings. The standard InChI is InChI=1S/C9H13N.C8H11N/c1-10(2)8-9-6-4-3-5-7-9;9-7-6-8-4-2-1-3-5-8/h3-7H,8H2,1-2H3;1-5H,6-7,9H2. The topological polar surface area (TPSA) is 29.3 Å². The monoisotopic (exact) mass is 256 g/mol. The average Bonchev–Trinajstić information content (AvgIpc) is 2.41. The maximum atomic E-state index is 5.36. The fraction of sp³-hybridized carbons (Fsp3) is 0.294. The lowest BCUT2D eigenvalue weighted by molar-refractivity contribution is 0.402.